The van der Waals surface area contributed by atoms with Crippen LogP contribution in [-0.4, -0.2) is 58.4 Å². The number of sulfone groups is 2. The summed E-state index contributed by atoms with van der Waals surface area (Å²) in [6.07, 6.45) is 0.427. The van der Waals surface area contributed by atoms with E-state index in [-0.39, 0.29) is 18.2 Å². The first-order valence-electron chi connectivity index (χ1n) is 6.60. The van der Waals surface area contributed by atoms with Crippen molar-refractivity contribution in [3.63, 3.8) is 0 Å². The predicted molar refractivity (Wildman–Crippen MR) is 78.0 cm³/mol. The summed E-state index contributed by atoms with van der Waals surface area (Å²) >= 11 is 0. The van der Waals surface area contributed by atoms with E-state index in [0.717, 1.165) is 0 Å². The van der Waals surface area contributed by atoms with E-state index in [1.165, 1.54) is 0 Å². The summed E-state index contributed by atoms with van der Waals surface area (Å²) in [6.45, 7) is 0. The molecule has 7 nitrogen and oxygen atoms in total. The molecule has 1 N–H and O–H groups in total. The van der Waals surface area contributed by atoms with E-state index >= 15 is 0 Å². The third kappa shape index (κ3) is 3.64. The molecule has 30 heavy (non-hydrogen) atoms. The molecular weight excluding hydrogens is 511 g/mol. The van der Waals surface area contributed by atoms with E-state index in [4.69, 9.17) is 4.55 Å². The smallest absolute Gasteiger partial charge is 0.281 e. The lowest BCUT2D eigenvalue weighted by molar-refractivity contribution is -0.326. The van der Waals surface area contributed by atoms with E-state index in [9.17, 15) is 64.8 Å². The number of alkyl halides is 8. The number of hydrogen-bond donors (Lipinski definition) is 1. The van der Waals surface area contributed by atoms with Gasteiger partial charge in [-0.25, -0.2) is 21.2 Å². The van der Waals surface area contributed by atoms with E-state index in [1.807, 2.05) is 0 Å². The van der Waals surface area contributed by atoms with E-state index in [1.54, 1.807) is 0 Å². The Hall–Kier alpha value is -1.60. The third-order valence-corrected chi connectivity index (χ3v) is 7.26. The monoisotopic (exact) mass is 518 g/mol. The molecule has 0 amide bonds. The van der Waals surface area contributed by atoms with Crippen molar-refractivity contribution < 1.29 is 69.3 Å². The lowest BCUT2D eigenvalue weighted by atomic mass is 10.2. The molecule has 0 bridgehead atoms. The van der Waals surface area contributed by atoms with E-state index in [0.29, 0.717) is 6.26 Å². The van der Waals surface area contributed by atoms with Gasteiger partial charge >= 0.3 is 32.5 Å². The van der Waals surface area contributed by atoms with Gasteiger partial charge in [0.25, 0.3) is 9.84 Å². The van der Waals surface area contributed by atoms with E-state index in [2.05, 4.69) is 0 Å². The molecule has 0 aliphatic carbocycles. The molecule has 0 saturated heterocycles. The van der Waals surface area contributed by atoms with Crippen LogP contribution >= 0.6 is 0 Å². The maximum atomic E-state index is 13.9. The van der Waals surface area contributed by atoms with Crippen LogP contribution in [0.2, 0.25) is 0 Å². The second kappa shape index (κ2) is 6.95. The molecule has 0 heterocycles. The van der Waals surface area contributed by atoms with Gasteiger partial charge in [-0.2, -0.15) is 43.5 Å². The normalized spacial score (nSPS) is 15.3. The number of halogens is 9. The van der Waals surface area contributed by atoms with E-state index < -0.39 is 67.8 Å². The van der Waals surface area contributed by atoms with Crippen molar-refractivity contribution in [2.75, 3.05) is 6.26 Å². The number of rotatable bonds is 7. The molecule has 0 aromatic heterocycles. The first-order valence-corrected chi connectivity index (χ1v) is 11.4. The van der Waals surface area contributed by atoms with Gasteiger partial charge in [-0.3, -0.25) is 4.55 Å². The zero-order valence-electron chi connectivity index (χ0n) is 13.8. The predicted octanol–water partition coefficient (Wildman–Crippen LogP) is 2.35. The van der Waals surface area contributed by atoms with Crippen molar-refractivity contribution >= 4 is 29.8 Å². The molecule has 0 aliphatic rings. The molecule has 0 fully saturated rings. The molecule has 0 unspecified atom stereocenters. The molecule has 1 rings (SSSR count). The van der Waals surface area contributed by atoms with Crippen LogP contribution in [0, 0.1) is 5.82 Å². The minimum absolute atomic E-state index is 0.102. The zero-order valence-corrected chi connectivity index (χ0v) is 16.2. The fraction of sp³-hybridized carbons (Fsp3) is 0.455. The second-order valence-corrected chi connectivity index (χ2v) is 11.0. The average Bonchev–Trinajstić information content (AvgIpc) is 2.51. The van der Waals surface area contributed by atoms with Crippen LogP contribution in [0.25, 0.3) is 0 Å². The molecule has 0 radical (unpaired) electrons. The summed E-state index contributed by atoms with van der Waals surface area (Å²) in [4.78, 5) is -3.55. The highest BCUT2D eigenvalue weighted by molar-refractivity contribution is 7.92. The quantitative estimate of drug-likeness (QED) is 0.434. The molecule has 174 valence electrons. The molecule has 1 aromatic carbocycles. The van der Waals surface area contributed by atoms with Crippen LogP contribution in [0.5, 0.6) is 0 Å². The maximum Gasteiger partial charge on any atom is 0.438 e. The van der Waals surface area contributed by atoms with Crippen molar-refractivity contribution in [3.05, 3.63) is 24.0 Å². The number of benzene rings is 1. The lowest BCUT2D eigenvalue weighted by Gasteiger charge is -2.34. The summed E-state index contributed by atoms with van der Waals surface area (Å²) in [5.41, 5.74) is 0. The van der Waals surface area contributed by atoms with Crippen LogP contribution in [0.4, 0.5) is 39.5 Å². The van der Waals surface area contributed by atoms with Gasteiger partial charge in [0.15, 0.2) is 9.84 Å². The first kappa shape index (κ1) is 26.4. The summed E-state index contributed by atoms with van der Waals surface area (Å²) in [5.74, 6) is -17.9. The molecule has 0 aliphatic heterocycles. The topological polar surface area (TPSA) is 123 Å². The molecule has 1 aromatic rings. The van der Waals surface area contributed by atoms with Gasteiger partial charge in [-0.05, 0) is 18.2 Å². The van der Waals surface area contributed by atoms with Crippen molar-refractivity contribution in [3.8, 4) is 0 Å². The van der Waals surface area contributed by atoms with Crippen LogP contribution in [-0.2, 0) is 29.8 Å². The summed E-state index contributed by atoms with van der Waals surface area (Å²) in [5, 5.41) is -14.6. The molecule has 0 saturated carbocycles. The Morgan fingerprint density at radius 2 is 1.17 bits per heavy atom. The Morgan fingerprint density at radius 1 is 0.767 bits per heavy atom. The fourth-order valence-corrected chi connectivity index (χ4v) is 4.15. The van der Waals surface area contributed by atoms with Gasteiger partial charge in [0.05, 0.1) is 4.90 Å². The van der Waals surface area contributed by atoms with Crippen LogP contribution in [0.3, 0.4) is 0 Å². The Balaban J connectivity index is 3.78. The molecule has 19 heteroatoms. The van der Waals surface area contributed by atoms with Crippen molar-refractivity contribution in [1.82, 2.24) is 0 Å². The molecule has 0 spiro atoms. The average molecular weight is 518 g/mol. The van der Waals surface area contributed by atoms with Crippen LogP contribution in [0.15, 0.2) is 28.0 Å². The molecular formula is C11H7F9O7S3. The maximum absolute atomic E-state index is 13.9. The summed E-state index contributed by atoms with van der Waals surface area (Å²) in [6, 6.07) is -0.504. The summed E-state index contributed by atoms with van der Waals surface area (Å²) < 4.78 is 196. The van der Waals surface area contributed by atoms with Gasteiger partial charge in [0.2, 0.25) is 0 Å². The van der Waals surface area contributed by atoms with Crippen LogP contribution in [0.1, 0.15) is 0 Å². The van der Waals surface area contributed by atoms with Crippen molar-refractivity contribution in [2.45, 2.75) is 32.1 Å². The second-order valence-electron chi connectivity index (χ2n) is 5.53. The van der Waals surface area contributed by atoms with Crippen LogP contribution < -0.4 is 0 Å². The van der Waals surface area contributed by atoms with Crippen molar-refractivity contribution in [1.29, 1.82) is 0 Å². The standard InChI is InChI=1S/C11H7F9O7S3/c1-28(21,22)5-2-3-7(6(12)4-5)29(23,24)10(17,18)8(13,14)9(15,16)11(19,20)30(25,26)27/h2-4H,1H3,(H,25,26,27). The Bertz CT molecular complexity index is 1170. The van der Waals surface area contributed by atoms with Gasteiger partial charge in [0.1, 0.15) is 10.7 Å². The first-order chi connectivity index (χ1) is 12.9. The van der Waals surface area contributed by atoms with Gasteiger partial charge in [0, 0.05) is 6.26 Å². The Kier molecular flexibility index (Phi) is 6.13. The van der Waals surface area contributed by atoms with Gasteiger partial charge in [-0.1, -0.05) is 0 Å². The minimum atomic E-state index is -7.74. The Morgan fingerprint density at radius 3 is 1.50 bits per heavy atom. The minimum Gasteiger partial charge on any atom is -0.281 e. The number of hydrogen-bond acceptors (Lipinski definition) is 6. The molecule has 0 atom stereocenters. The van der Waals surface area contributed by atoms with Gasteiger partial charge < -0.3 is 0 Å². The largest absolute Gasteiger partial charge is 0.438 e. The zero-order chi connectivity index (χ0) is 24.4. The lowest BCUT2D eigenvalue weighted by Crippen LogP contribution is -2.66. The summed E-state index contributed by atoms with van der Waals surface area (Å²) in [7, 11) is -19.1. The van der Waals surface area contributed by atoms with Gasteiger partial charge in [-0.15, -0.1) is 0 Å². The fourth-order valence-electron chi connectivity index (χ4n) is 1.76. The highest BCUT2D eigenvalue weighted by atomic mass is 32.2. The highest BCUT2D eigenvalue weighted by Gasteiger charge is 2.87. The highest BCUT2D eigenvalue weighted by Crippen LogP contribution is 2.56. The van der Waals surface area contributed by atoms with Crippen molar-refractivity contribution in [2.24, 2.45) is 0 Å². The third-order valence-electron chi connectivity index (χ3n) is 3.41. The Labute approximate surface area is 162 Å². The SMILES string of the molecule is CS(=O)(=O)c1ccc(S(=O)(=O)C(F)(F)C(F)(F)C(F)(F)C(F)(F)S(=O)(=O)O)c(F)c1.